The molecule has 3 fully saturated rings. The largest absolute Gasteiger partial charge is 0.367 e. The molecule has 0 bridgehead atoms. The van der Waals surface area contributed by atoms with Crippen LogP contribution in [0.4, 0.5) is 15.3 Å². The first kappa shape index (κ1) is 24.7. The van der Waals surface area contributed by atoms with Crippen molar-refractivity contribution in [1.29, 1.82) is 0 Å². The molecule has 8 amide bonds. The number of fused-ring (bicyclic) bond motifs is 4. The van der Waals surface area contributed by atoms with Gasteiger partial charge in [0.05, 0.1) is 6.04 Å². The van der Waals surface area contributed by atoms with Gasteiger partial charge in [0.15, 0.2) is 5.41 Å². The quantitative estimate of drug-likeness (QED) is 0.373. The minimum absolute atomic E-state index is 0.0950. The van der Waals surface area contributed by atoms with E-state index < -0.39 is 41.1 Å². The summed E-state index contributed by atoms with van der Waals surface area (Å²) in [5, 5.41) is 2.23. The average molecular weight is 508 g/mol. The molecule has 0 aliphatic carbocycles. The summed E-state index contributed by atoms with van der Waals surface area (Å²) < 4.78 is 0. The van der Waals surface area contributed by atoms with Crippen molar-refractivity contribution in [3.8, 4) is 0 Å². The molecule has 5 rings (SSSR count). The summed E-state index contributed by atoms with van der Waals surface area (Å²) in [5.41, 5.74) is 0.513. The molecule has 1 aromatic carbocycles. The molecule has 3 saturated heterocycles. The van der Waals surface area contributed by atoms with Gasteiger partial charge in [-0.15, -0.1) is 0 Å². The lowest BCUT2D eigenvalue weighted by molar-refractivity contribution is -0.159. The van der Waals surface area contributed by atoms with Crippen LogP contribution in [-0.2, 0) is 25.6 Å². The number of barbiturate groups is 2. The molecular weight excluding hydrogens is 478 g/mol. The van der Waals surface area contributed by atoms with Crippen LogP contribution in [0.5, 0.6) is 0 Å². The Morgan fingerprint density at radius 3 is 2.41 bits per heavy atom. The molecule has 4 aliphatic heterocycles. The van der Waals surface area contributed by atoms with Gasteiger partial charge in [-0.1, -0.05) is 13.0 Å². The monoisotopic (exact) mass is 507 g/mol. The Hall–Kier alpha value is -4.02. The minimum Gasteiger partial charge on any atom is -0.367 e. The van der Waals surface area contributed by atoms with Crippen molar-refractivity contribution in [3.63, 3.8) is 0 Å². The zero-order chi connectivity index (χ0) is 26.8. The van der Waals surface area contributed by atoms with E-state index in [1.165, 1.54) is 20.2 Å². The van der Waals surface area contributed by atoms with Gasteiger partial charge in [-0.25, -0.2) is 9.59 Å². The maximum atomic E-state index is 13.6. The summed E-state index contributed by atoms with van der Waals surface area (Å²) in [4.78, 5) is 82.6. The van der Waals surface area contributed by atoms with Gasteiger partial charge >= 0.3 is 12.1 Å². The van der Waals surface area contributed by atoms with Crippen LogP contribution in [0.15, 0.2) is 23.8 Å². The third kappa shape index (κ3) is 3.40. The van der Waals surface area contributed by atoms with Gasteiger partial charge in [0, 0.05) is 32.4 Å². The highest BCUT2D eigenvalue weighted by atomic mass is 16.2. The van der Waals surface area contributed by atoms with Gasteiger partial charge in [-0.3, -0.25) is 39.2 Å². The maximum absolute atomic E-state index is 13.6. The number of anilines is 1. The number of carbonyl (C=O) groups excluding carboxylic acids is 6. The van der Waals surface area contributed by atoms with Crippen molar-refractivity contribution < 1.29 is 28.8 Å². The van der Waals surface area contributed by atoms with E-state index in [4.69, 9.17) is 0 Å². The fourth-order valence-electron chi connectivity index (χ4n) is 6.05. The van der Waals surface area contributed by atoms with Gasteiger partial charge in [0.25, 0.3) is 11.8 Å². The van der Waals surface area contributed by atoms with Crippen molar-refractivity contribution in [2.75, 3.05) is 25.5 Å². The van der Waals surface area contributed by atoms with Crippen LogP contribution in [0.25, 0.3) is 6.08 Å². The van der Waals surface area contributed by atoms with Crippen molar-refractivity contribution in [2.45, 2.75) is 51.6 Å². The zero-order valence-electron chi connectivity index (χ0n) is 21.2. The molecular formula is C26H29N5O6. The van der Waals surface area contributed by atoms with E-state index in [1.807, 2.05) is 13.0 Å². The number of benzene rings is 1. The molecule has 1 aromatic rings. The molecule has 2 atom stereocenters. The highest BCUT2D eigenvalue weighted by Crippen LogP contribution is 2.49. The van der Waals surface area contributed by atoms with Gasteiger partial charge in [-0.05, 0) is 61.9 Å². The third-order valence-corrected chi connectivity index (χ3v) is 8.13. The van der Waals surface area contributed by atoms with Crippen molar-refractivity contribution in [2.24, 2.45) is 5.41 Å². The third-order valence-electron chi connectivity index (χ3n) is 8.13. The number of carbonyl (C=O) groups is 6. The molecule has 1 spiro atoms. The first-order valence-electron chi connectivity index (χ1n) is 12.4. The van der Waals surface area contributed by atoms with E-state index in [9.17, 15) is 28.8 Å². The van der Waals surface area contributed by atoms with Gasteiger partial charge in [-0.2, -0.15) is 0 Å². The van der Waals surface area contributed by atoms with Crippen molar-refractivity contribution in [3.05, 3.63) is 34.9 Å². The van der Waals surface area contributed by atoms with Crippen molar-refractivity contribution >= 4 is 47.5 Å². The molecule has 37 heavy (non-hydrogen) atoms. The molecule has 0 unspecified atom stereocenters. The lowest BCUT2D eigenvalue weighted by Gasteiger charge is -2.50. The van der Waals surface area contributed by atoms with Crippen molar-refractivity contribution in [1.82, 2.24) is 20.0 Å². The summed E-state index contributed by atoms with van der Waals surface area (Å²) in [5.74, 6) is -2.48. The molecule has 0 saturated carbocycles. The summed E-state index contributed by atoms with van der Waals surface area (Å²) in [7, 11) is 2.78. The highest BCUT2D eigenvalue weighted by molar-refractivity contribution is 6.31. The Bertz CT molecular complexity index is 1280. The first-order valence-corrected chi connectivity index (χ1v) is 12.4. The topological polar surface area (TPSA) is 127 Å². The molecule has 11 nitrogen and oxygen atoms in total. The second-order valence-electron chi connectivity index (χ2n) is 10.1. The molecule has 1 N–H and O–H groups in total. The summed E-state index contributed by atoms with van der Waals surface area (Å²) in [6.45, 7) is 4.23. The number of urea groups is 2. The fraction of sp³-hybridized carbons (Fsp3) is 0.462. The van der Waals surface area contributed by atoms with E-state index in [0.717, 1.165) is 26.8 Å². The Labute approximate surface area is 214 Å². The highest BCUT2D eigenvalue weighted by Gasteiger charge is 2.63. The van der Waals surface area contributed by atoms with Crippen LogP contribution in [0.1, 0.15) is 44.2 Å². The average Bonchev–Trinajstić information content (AvgIpc) is 3.38. The number of amides is 8. The van der Waals surface area contributed by atoms with Gasteiger partial charge < -0.3 is 4.90 Å². The summed E-state index contributed by atoms with van der Waals surface area (Å²) >= 11 is 0. The lowest BCUT2D eigenvalue weighted by atomic mass is 9.68. The van der Waals surface area contributed by atoms with Crippen LogP contribution in [0, 0.1) is 5.41 Å². The van der Waals surface area contributed by atoms with Gasteiger partial charge in [0.2, 0.25) is 11.8 Å². The fourth-order valence-corrected chi connectivity index (χ4v) is 6.05. The summed E-state index contributed by atoms with van der Waals surface area (Å²) in [6.07, 6.45) is 3.50. The Kier molecular flexibility index (Phi) is 5.69. The van der Waals surface area contributed by atoms with E-state index >= 15 is 0 Å². The number of nitrogens with one attached hydrogen (secondary N) is 1. The van der Waals surface area contributed by atoms with E-state index in [-0.39, 0.29) is 24.1 Å². The molecule has 11 heteroatoms. The zero-order valence-corrected chi connectivity index (χ0v) is 21.2. The number of rotatable bonds is 3. The van der Waals surface area contributed by atoms with E-state index in [0.29, 0.717) is 30.5 Å². The molecule has 4 heterocycles. The first-order chi connectivity index (χ1) is 17.5. The van der Waals surface area contributed by atoms with E-state index in [2.05, 4.69) is 10.2 Å². The van der Waals surface area contributed by atoms with Crippen LogP contribution in [0.2, 0.25) is 0 Å². The molecule has 0 radical (unpaired) electrons. The molecule has 194 valence electrons. The second kappa shape index (κ2) is 8.53. The normalized spacial score (nSPS) is 25.2. The van der Waals surface area contributed by atoms with Crippen LogP contribution in [0.3, 0.4) is 0 Å². The second-order valence-corrected chi connectivity index (χ2v) is 10.1. The SMILES string of the molecule is CC[C@H](C)N1C(=O)NC(=O)/C(=C\c2ccc3c(c2)CC2(C(=O)N(C)C(=O)N(C)C2=O)[C@@H]2CCCN32)C1=O. The Morgan fingerprint density at radius 2 is 1.76 bits per heavy atom. The Balaban J connectivity index is 1.57. The number of nitrogens with zero attached hydrogens (tertiary/aromatic N) is 4. The molecule has 4 aliphatic rings. The van der Waals surface area contributed by atoms with Crippen LogP contribution >= 0.6 is 0 Å². The van der Waals surface area contributed by atoms with Crippen LogP contribution in [-0.4, -0.2) is 83.1 Å². The number of hydrogen-bond donors (Lipinski definition) is 1. The predicted molar refractivity (Wildman–Crippen MR) is 132 cm³/mol. The number of hydrogen-bond acceptors (Lipinski definition) is 7. The number of imide groups is 4. The lowest BCUT2D eigenvalue weighted by Crippen LogP contribution is -2.70. The minimum atomic E-state index is -1.44. The predicted octanol–water partition coefficient (Wildman–Crippen LogP) is 1.51. The van der Waals surface area contributed by atoms with Gasteiger partial charge in [0.1, 0.15) is 5.57 Å². The summed E-state index contributed by atoms with van der Waals surface area (Å²) in [6, 6.07) is 3.24. The Morgan fingerprint density at radius 1 is 1.08 bits per heavy atom. The standard InChI is InChI=1S/C26H29N5O6/c1-5-14(2)31-21(33)17(20(32)27-24(31)36)12-15-8-9-18-16(11-15)13-26(19-7-6-10-30(18)19)22(34)28(3)25(37)29(4)23(26)35/h8-9,11-12,14,19H,5-7,10,13H2,1-4H3,(H,27,32,36)/b17-12+/t14-,19-/m0/s1. The smallest absolute Gasteiger partial charge is 0.332 e. The van der Waals surface area contributed by atoms with Crippen LogP contribution < -0.4 is 10.2 Å². The van der Waals surface area contributed by atoms with E-state index in [1.54, 1.807) is 19.1 Å². The molecule has 0 aromatic heterocycles. The maximum Gasteiger partial charge on any atom is 0.332 e.